The largest absolute Gasteiger partial charge is 0.346 e. The number of hydrogen-bond acceptors (Lipinski definition) is 3. The van der Waals surface area contributed by atoms with E-state index in [1.165, 1.54) is 0 Å². The summed E-state index contributed by atoms with van der Waals surface area (Å²) in [6, 6.07) is 1.38. The smallest absolute Gasteiger partial charge is 0.305 e. The highest BCUT2D eigenvalue weighted by atomic mass is 79.9. The summed E-state index contributed by atoms with van der Waals surface area (Å²) in [6.45, 7) is 5.05. The third-order valence-electron chi connectivity index (χ3n) is 2.92. The van der Waals surface area contributed by atoms with E-state index in [9.17, 15) is 23.7 Å². The maximum absolute atomic E-state index is 13.9. The molecule has 0 aliphatic heterocycles. The van der Waals surface area contributed by atoms with Crippen LogP contribution in [0.1, 0.15) is 31.1 Å². The van der Waals surface area contributed by atoms with Crippen molar-refractivity contribution in [3.05, 3.63) is 39.4 Å². The van der Waals surface area contributed by atoms with Crippen LogP contribution in [0.4, 0.5) is 14.5 Å². The minimum absolute atomic E-state index is 0.177. The Kier molecular flexibility index (Phi) is 4.80. The van der Waals surface area contributed by atoms with Crippen LogP contribution in [0.15, 0.2) is 12.1 Å². The number of amides is 1. The molecular weight excluding hydrogens is 338 g/mol. The fourth-order valence-corrected chi connectivity index (χ4v) is 1.46. The summed E-state index contributed by atoms with van der Waals surface area (Å²) in [5.74, 6) is -3.67. The minimum Gasteiger partial charge on any atom is -0.346 e. The summed E-state index contributed by atoms with van der Waals surface area (Å²) in [5, 5.41) is 13.0. The first-order valence-corrected chi connectivity index (χ1v) is 6.58. The Hall–Kier alpha value is -1.57. The van der Waals surface area contributed by atoms with E-state index in [1.54, 1.807) is 20.8 Å². The maximum Gasteiger partial charge on any atom is 0.305 e. The summed E-state index contributed by atoms with van der Waals surface area (Å²) < 4.78 is 27.4. The van der Waals surface area contributed by atoms with Gasteiger partial charge in [0.2, 0.25) is 5.82 Å². The van der Waals surface area contributed by atoms with Crippen LogP contribution in [0.5, 0.6) is 0 Å². The molecule has 0 saturated carbocycles. The Morgan fingerprint density at radius 3 is 2.45 bits per heavy atom. The van der Waals surface area contributed by atoms with E-state index in [0.717, 1.165) is 0 Å². The molecule has 1 rings (SSSR count). The van der Waals surface area contributed by atoms with Gasteiger partial charge in [0, 0.05) is 16.4 Å². The van der Waals surface area contributed by atoms with Gasteiger partial charge in [0.15, 0.2) is 0 Å². The number of benzene rings is 1. The molecule has 0 spiro atoms. The molecule has 1 atom stereocenters. The first kappa shape index (κ1) is 16.5. The number of halogens is 3. The highest BCUT2D eigenvalue weighted by molar-refractivity contribution is 9.09. The van der Waals surface area contributed by atoms with Gasteiger partial charge in [-0.25, -0.2) is 4.39 Å². The van der Waals surface area contributed by atoms with Crippen LogP contribution in [-0.2, 0) is 0 Å². The lowest BCUT2D eigenvalue weighted by Gasteiger charge is -2.29. The predicted molar refractivity (Wildman–Crippen MR) is 72.9 cm³/mol. The standard InChI is InChI=1S/C12H13BrF2N2O3/c1-6(13)12(2,3)16-11(18)9-7(14)4-5-8(10(9)15)17(19)20/h4-6H,1-3H3,(H,16,18). The van der Waals surface area contributed by atoms with Crippen molar-refractivity contribution < 1.29 is 18.5 Å². The van der Waals surface area contributed by atoms with Gasteiger partial charge in [0.05, 0.1) is 4.92 Å². The molecule has 20 heavy (non-hydrogen) atoms. The monoisotopic (exact) mass is 350 g/mol. The van der Waals surface area contributed by atoms with Crippen molar-refractivity contribution in [2.45, 2.75) is 31.1 Å². The van der Waals surface area contributed by atoms with Crippen LogP contribution >= 0.6 is 15.9 Å². The fourth-order valence-electron chi connectivity index (χ4n) is 1.35. The molecule has 110 valence electrons. The zero-order valence-corrected chi connectivity index (χ0v) is 12.6. The summed E-state index contributed by atoms with van der Waals surface area (Å²) in [5.41, 5.74) is -2.69. The molecule has 1 amide bonds. The van der Waals surface area contributed by atoms with Crippen molar-refractivity contribution in [1.82, 2.24) is 5.32 Å². The van der Waals surface area contributed by atoms with Gasteiger partial charge >= 0.3 is 5.69 Å². The van der Waals surface area contributed by atoms with Crippen molar-refractivity contribution in [3.63, 3.8) is 0 Å². The molecule has 0 saturated heterocycles. The molecule has 5 nitrogen and oxygen atoms in total. The van der Waals surface area contributed by atoms with Crippen LogP contribution < -0.4 is 5.32 Å². The Balaban J connectivity index is 3.23. The van der Waals surface area contributed by atoms with Crippen LogP contribution in [0, 0.1) is 21.7 Å². The number of nitro benzene ring substituents is 1. The molecule has 0 bridgehead atoms. The molecule has 1 N–H and O–H groups in total. The van der Waals surface area contributed by atoms with E-state index in [2.05, 4.69) is 21.2 Å². The van der Waals surface area contributed by atoms with E-state index in [0.29, 0.717) is 12.1 Å². The van der Waals surface area contributed by atoms with E-state index in [-0.39, 0.29) is 4.83 Å². The molecule has 1 unspecified atom stereocenters. The first-order valence-electron chi connectivity index (χ1n) is 5.67. The second kappa shape index (κ2) is 5.82. The van der Waals surface area contributed by atoms with Crippen LogP contribution in [0.25, 0.3) is 0 Å². The predicted octanol–water partition coefficient (Wildman–Crippen LogP) is 3.16. The lowest BCUT2D eigenvalue weighted by molar-refractivity contribution is -0.387. The molecule has 1 aromatic rings. The first-order chi connectivity index (χ1) is 9.08. The van der Waals surface area contributed by atoms with E-state index in [1.807, 2.05) is 0 Å². The SMILES string of the molecule is CC(Br)C(C)(C)NC(=O)c1c(F)ccc([N+](=O)[O-])c1F. The quantitative estimate of drug-likeness (QED) is 0.515. The van der Waals surface area contributed by atoms with E-state index in [4.69, 9.17) is 0 Å². The average molecular weight is 351 g/mol. The minimum atomic E-state index is -1.48. The molecule has 0 aliphatic carbocycles. The average Bonchev–Trinajstić information content (AvgIpc) is 2.27. The third-order valence-corrected chi connectivity index (χ3v) is 4.07. The normalized spacial score (nSPS) is 12.9. The van der Waals surface area contributed by atoms with Gasteiger partial charge in [-0.05, 0) is 19.9 Å². The van der Waals surface area contributed by atoms with E-state index >= 15 is 0 Å². The third kappa shape index (κ3) is 3.30. The Morgan fingerprint density at radius 1 is 1.45 bits per heavy atom. The van der Waals surface area contributed by atoms with Gasteiger partial charge < -0.3 is 5.32 Å². The van der Waals surface area contributed by atoms with Gasteiger partial charge in [-0.2, -0.15) is 4.39 Å². The Morgan fingerprint density at radius 2 is 2.00 bits per heavy atom. The number of nitro groups is 1. The topological polar surface area (TPSA) is 72.2 Å². The lowest BCUT2D eigenvalue weighted by Crippen LogP contribution is -2.49. The summed E-state index contributed by atoms with van der Waals surface area (Å²) in [7, 11) is 0. The second-order valence-electron chi connectivity index (χ2n) is 4.80. The van der Waals surface area contributed by atoms with Crippen LogP contribution in [-0.4, -0.2) is 21.2 Å². The number of alkyl halides is 1. The number of carbonyl (C=O) groups excluding carboxylic acids is 1. The number of carbonyl (C=O) groups is 1. The van der Waals surface area contributed by atoms with Crippen molar-refractivity contribution in [2.75, 3.05) is 0 Å². The number of nitrogens with one attached hydrogen (secondary N) is 1. The molecule has 0 fully saturated rings. The molecule has 8 heteroatoms. The summed E-state index contributed by atoms with van der Waals surface area (Å²) in [4.78, 5) is 21.4. The Labute approximate surface area is 122 Å². The molecule has 0 aliphatic rings. The zero-order valence-electron chi connectivity index (χ0n) is 11.0. The second-order valence-corrected chi connectivity index (χ2v) is 6.18. The fraction of sp³-hybridized carbons (Fsp3) is 0.417. The number of rotatable bonds is 4. The van der Waals surface area contributed by atoms with Crippen LogP contribution in [0.2, 0.25) is 0 Å². The van der Waals surface area contributed by atoms with Gasteiger partial charge in [-0.3, -0.25) is 14.9 Å². The lowest BCUT2D eigenvalue weighted by atomic mass is 10.0. The van der Waals surface area contributed by atoms with Gasteiger partial charge in [-0.1, -0.05) is 22.9 Å². The van der Waals surface area contributed by atoms with Crippen molar-refractivity contribution in [2.24, 2.45) is 0 Å². The molecular formula is C12H13BrF2N2O3. The van der Waals surface area contributed by atoms with Gasteiger partial charge in [0.1, 0.15) is 11.4 Å². The highest BCUT2D eigenvalue weighted by Crippen LogP contribution is 2.24. The summed E-state index contributed by atoms with van der Waals surface area (Å²) in [6.07, 6.45) is 0. The van der Waals surface area contributed by atoms with Crippen LogP contribution in [0.3, 0.4) is 0 Å². The van der Waals surface area contributed by atoms with E-state index < -0.39 is 39.3 Å². The van der Waals surface area contributed by atoms with Crippen molar-refractivity contribution >= 4 is 27.5 Å². The van der Waals surface area contributed by atoms with Crippen molar-refractivity contribution in [1.29, 1.82) is 0 Å². The van der Waals surface area contributed by atoms with Crippen molar-refractivity contribution in [3.8, 4) is 0 Å². The number of nitrogens with zero attached hydrogens (tertiary/aromatic N) is 1. The highest BCUT2D eigenvalue weighted by Gasteiger charge is 2.31. The molecule has 0 radical (unpaired) electrons. The Bertz CT molecular complexity index is 562. The maximum atomic E-state index is 13.9. The molecule has 1 aromatic carbocycles. The number of hydrogen-bond donors (Lipinski definition) is 1. The van der Waals surface area contributed by atoms with Gasteiger partial charge in [0.25, 0.3) is 5.91 Å². The molecule has 0 heterocycles. The zero-order chi connectivity index (χ0) is 15.7. The van der Waals surface area contributed by atoms with Gasteiger partial charge in [-0.15, -0.1) is 0 Å². The molecule has 0 aromatic heterocycles. The summed E-state index contributed by atoms with van der Waals surface area (Å²) >= 11 is 3.26.